The third-order valence-corrected chi connectivity index (χ3v) is 5.22. The number of ether oxygens (including phenoxy) is 1. The first-order chi connectivity index (χ1) is 10.9. The van der Waals surface area contributed by atoms with Crippen LogP contribution in [0.5, 0.6) is 5.75 Å². The van der Waals surface area contributed by atoms with Crippen molar-refractivity contribution in [3.63, 3.8) is 0 Å². The first-order valence-electron chi connectivity index (χ1n) is 7.61. The van der Waals surface area contributed by atoms with Crippen molar-refractivity contribution in [3.8, 4) is 5.75 Å². The number of benzene rings is 2. The van der Waals surface area contributed by atoms with Gasteiger partial charge >= 0.3 is 0 Å². The molecule has 0 saturated heterocycles. The van der Waals surface area contributed by atoms with Gasteiger partial charge < -0.3 is 4.74 Å². The van der Waals surface area contributed by atoms with Crippen molar-refractivity contribution in [2.75, 3.05) is 0 Å². The van der Waals surface area contributed by atoms with Crippen LogP contribution in [0.4, 0.5) is 0 Å². The fraction of sp³-hybridized carbons (Fsp3) is 0.316. The molecule has 0 saturated carbocycles. The summed E-state index contributed by atoms with van der Waals surface area (Å²) >= 11 is 7.54. The molecule has 0 aliphatic heterocycles. The summed E-state index contributed by atoms with van der Waals surface area (Å²) in [6.07, 6.45) is 0.494. The van der Waals surface area contributed by atoms with Crippen molar-refractivity contribution in [2.45, 2.75) is 45.6 Å². The SMILES string of the molecule is CCC(=O)Sc1cccc(Cl)c1COc1cc(C)c(C)cc1C. The minimum absolute atomic E-state index is 0.121. The van der Waals surface area contributed by atoms with Gasteiger partial charge in [0.2, 0.25) is 0 Å². The third kappa shape index (κ3) is 4.52. The molecule has 0 bridgehead atoms. The van der Waals surface area contributed by atoms with Gasteiger partial charge in [0, 0.05) is 21.9 Å². The van der Waals surface area contributed by atoms with Crippen LogP contribution >= 0.6 is 23.4 Å². The quantitative estimate of drug-likeness (QED) is 0.632. The second-order valence-electron chi connectivity index (χ2n) is 5.53. The van der Waals surface area contributed by atoms with E-state index in [4.69, 9.17) is 16.3 Å². The molecule has 2 aromatic rings. The van der Waals surface area contributed by atoms with Crippen LogP contribution in [-0.4, -0.2) is 5.12 Å². The van der Waals surface area contributed by atoms with Gasteiger partial charge in [-0.05, 0) is 55.7 Å². The lowest BCUT2D eigenvalue weighted by molar-refractivity contribution is -0.110. The average Bonchev–Trinajstić information content (AvgIpc) is 2.51. The van der Waals surface area contributed by atoms with Gasteiger partial charge in [-0.3, -0.25) is 4.79 Å². The summed E-state index contributed by atoms with van der Waals surface area (Å²) in [5.41, 5.74) is 4.40. The third-order valence-electron chi connectivity index (χ3n) is 3.75. The van der Waals surface area contributed by atoms with Crippen molar-refractivity contribution in [1.82, 2.24) is 0 Å². The van der Waals surface area contributed by atoms with Gasteiger partial charge in [-0.15, -0.1) is 0 Å². The van der Waals surface area contributed by atoms with E-state index in [0.29, 0.717) is 18.1 Å². The summed E-state index contributed by atoms with van der Waals surface area (Å²) in [6.45, 7) is 8.39. The van der Waals surface area contributed by atoms with Crippen molar-refractivity contribution in [2.24, 2.45) is 0 Å². The monoisotopic (exact) mass is 348 g/mol. The molecule has 0 aromatic heterocycles. The van der Waals surface area contributed by atoms with Crippen LogP contribution in [0.25, 0.3) is 0 Å². The Balaban J connectivity index is 2.23. The van der Waals surface area contributed by atoms with Crippen LogP contribution in [0.1, 0.15) is 35.6 Å². The number of carbonyl (C=O) groups is 1. The molecule has 0 aliphatic carbocycles. The molecule has 4 heteroatoms. The highest BCUT2D eigenvalue weighted by Crippen LogP contribution is 2.31. The van der Waals surface area contributed by atoms with E-state index in [-0.39, 0.29) is 5.12 Å². The zero-order valence-electron chi connectivity index (χ0n) is 13.9. The Morgan fingerprint density at radius 3 is 2.52 bits per heavy atom. The molecular formula is C19H21ClO2S. The Morgan fingerprint density at radius 1 is 1.13 bits per heavy atom. The van der Waals surface area contributed by atoms with Crippen LogP contribution in [-0.2, 0) is 11.4 Å². The van der Waals surface area contributed by atoms with Crippen LogP contribution < -0.4 is 4.74 Å². The van der Waals surface area contributed by atoms with Crippen LogP contribution in [0.3, 0.4) is 0 Å². The highest BCUT2D eigenvalue weighted by molar-refractivity contribution is 8.13. The van der Waals surface area contributed by atoms with Gasteiger partial charge in [0.15, 0.2) is 5.12 Å². The summed E-state index contributed by atoms with van der Waals surface area (Å²) in [5, 5.41) is 0.747. The predicted octanol–water partition coefficient (Wildman–Crippen LogP) is 5.87. The second-order valence-corrected chi connectivity index (χ2v) is 7.04. The minimum atomic E-state index is 0.121. The lowest BCUT2D eigenvalue weighted by atomic mass is 10.1. The van der Waals surface area contributed by atoms with Gasteiger partial charge in [0.1, 0.15) is 12.4 Å². The zero-order chi connectivity index (χ0) is 17.0. The van der Waals surface area contributed by atoms with E-state index in [2.05, 4.69) is 19.9 Å². The molecule has 23 heavy (non-hydrogen) atoms. The maximum atomic E-state index is 11.7. The van der Waals surface area contributed by atoms with Crippen molar-refractivity contribution < 1.29 is 9.53 Å². The van der Waals surface area contributed by atoms with Crippen molar-refractivity contribution in [3.05, 3.63) is 57.6 Å². The molecular weight excluding hydrogens is 328 g/mol. The van der Waals surface area contributed by atoms with Crippen LogP contribution in [0.15, 0.2) is 35.2 Å². The topological polar surface area (TPSA) is 26.3 Å². The van der Waals surface area contributed by atoms with E-state index in [1.54, 1.807) is 0 Å². The van der Waals surface area contributed by atoms with Gasteiger partial charge in [0.25, 0.3) is 0 Å². The van der Waals surface area contributed by atoms with Crippen LogP contribution in [0.2, 0.25) is 5.02 Å². The van der Waals surface area contributed by atoms with Gasteiger partial charge in [-0.2, -0.15) is 0 Å². The van der Waals surface area contributed by atoms with E-state index in [1.807, 2.05) is 38.1 Å². The molecule has 2 rings (SSSR count). The van der Waals surface area contributed by atoms with Gasteiger partial charge in [-0.25, -0.2) is 0 Å². The number of rotatable bonds is 5. The molecule has 0 atom stereocenters. The van der Waals surface area contributed by atoms with E-state index >= 15 is 0 Å². The maximum absolute atomic E-state index is 11.7. The molecule has 0 radical (unpaired) electrons. The minimum Gasteiger partial charge on any atom is -0.489 e. The Kier molecular flexibility index (Phi) is 6.14. The van der Waals surface area contributed by atoms with E-state index in [1.165, 1.54) is 22.9 Å². The Labute approximate surface area is 147 Å². The summed E-state index contributed by atoms with van der Waals surface area (Å²) in [7, 11) is 0. The standard InChI is InChI=1S/C19H21ClO2S/c1-5-19(21)23-18-8-6-7-16(20)15(18)11-22-17-10-13(3)12(2)9-14(17)4/h6-10H,5,11H2,1-4H3. The summed E-state index contributed by atoms with van der Waals surface area (Å²) in [6, 6.07) is 9.77. The van der Waals surface area contributed by atoms with Gasteiger partial charge in [-0.1, -0.05) is 42.4 Å². The Hall–Kier alpha value is -1.45. The molecule has 0 heterocycles. The zero-order valence-corrected chi connectivity index (χ0v) is 15.5. The first-order valence-corrected chi connectivity index (χ1v) is 8.80. The number of carbonyl (C=O) groups excluding carboxylic acids is 1. The molecule has 2 nitrogen and oxygen atoms in total. The van der Waals surface area contributed by atoms with E-state index in [9.17, 15) is 4.79 Å². The molecule has 0 spiro atoms. The normalized spacial score (nSPS) is 10.7. The molecule has 0 aliphatic rings. The molecule has 0 N–H and O–H groups in total. The van der Waals surface area contributed by atoms with Crippen molar-refractivity contribution >= 4 is 28.5 Å². The molecule has 0 amide bonds. The van der Waals surface area contributed by atoms with E-state index in [0.717, 1.165) is 21.8 Å². The van der Waals surface area contributed by atoms with Gasteiger partial charge in [0.05, 0.1) is 0 Å². The Morgan fingerprint density at radius 2 is 1.83 bits per heavy atom. The van der Waals surface area contributed by atoms with Crippen LogP contribution in [0, 0.1) is 20.8 Å². The smallest absolute Gasteiger partial charge is 0.193 e. The average molecular weight is 349 g/mol. The fourth-order valence-electron chi connectivity index (χ4n) is 2.21. The van der Waals surface area contributed by atoms with E-state index < -0.39 is 0 Å². The second kappa shape index (κ2) is 7.89. The fourth-order valence-corrected chi connectivity index (χ4v) is 3.32. The summed E-state index contributed by atoms with van der Waals surface area (Å²) in [5.74, 6) is 0.853. The highest BCUT2D eigenvalue weighted by atomic mass is 35.5. The molecule has 122 valence electrons. The lowest BCUT2D eigenvalue weighted by Crippen LogP contribution is -2.01. The summed E-state index contributed by atoms with van der Waals surface area (Å²) < 4.78 is 5.99. The number of hydrogen-bond acceptors (Lipinski definition) is 3. The van der Waals surface area contributed by atoms with Crippen molar-refractivity contribution in [1.29, 1.82) is 0 Å². The lowest BCUT2D eigenvalue weighted by Gasteiger charge is -2.14. The molecule has 0 fully saturated rings. The maximum Gasteiger partial charge on any atom is 0.193 e. The largest absolute Gasteiger partial charge is 0.489 e. The summed E-state index contributed by atoms with van der Waals surface area (Å²) in [4.78, 5) is 12.6. The number of halogens is 1. The highest BCUT2D eigenvalue weighted by Gasteiger charge is 2.12. The number of hydrogen-bond donors (Lipinski definition) is 0. The molecule has 0 unspecified atom stereocenters. The Bertz CT molecular complexity index is 726. The first kappa shape index (κ1) is 17.9. The number of aryl methyl sites for hydroxylation is 3. The predicted molar refractivity (Wildman–Crippen MR) is 97.6 cm³/mol. The number of thioether (sulfide) groups is 1. The molecule has 2 aromatic carbocycles.